The number of hydrogen-bond acceptors (Lipinski definition) is 6. The fourth-order valence-corrected chi connectivity index (χ4v) is 5.11. The van der Waals surface area contributed by atoms with Crippen molar-refractivity contribution in [3.05, 3.63) is 77.9 Å². The highest BCUT2D eigenvalue weighted by atomic mass is 16.6. The predicted octanol–water partition coefficient (Wildman–Crippen LogP) is 5.21. The van der Waals surface area contributed by atoms with Crippen LogP contribution in [0.15, 0.2) is 61.1 Å². The molecule has 0 spiro atoms. The summed E-state index contributed by atoms with van der Waals surface area (Å²) >= 11 is 0. The molecular formula is C30H34N4O4. The summed E-state index contributed by atoms with van der Waals surface area (Å²) in [6.45, 7) is 5.13. The molecule has 1 aliphatic carbocycles. The van der Waals surface area contributed by atoms with Crippen LogP contribution in [0.4, 0.5) is 5.69 Å². The lowest BCUT2D eigenvalue weighted by Gasteiger charge is -2.34. The molecule has 38 heavy (non-hydrogen) atoms. The first-order valence-corrected chi connectivity index (χ1v) is 13.4. The summed E-state index contributed by atoms with van der Waals surface area (Å²) in [5.41, 5.74) is 2.54. The standard InChI is InChI=1S/C30H34N4O4/c1-20(2)21-8-10-22(11-9-21)28(29(35)33-23-6-4-3-5-7-23)34(30(36)25-19-31-14-15-32-25)24-12-13-26-27(18-24)38-17-16-37-26/h8-15,18-20,23,28H,3-7,16-17H2,1-2H3,(H,33,35). The molecule has 198 valence electrons. The Bertz CT molecular complexity index is 1260. The summed E-state index contributed by atoms with van der Waals surface area (Å²) in [6, 6.07) is 12.4. The Morgan fingerprint density at radius 1 is 0.921 bits per heavy atom. The zero-order valence-corrected chi connectivity index (χ0v) is 21.9. The van der Waals surface area contributed by atoms with Gasteiger partial charge in [-0.3, -0.25) is 19.5 Å². The number of fused-ring (bicyclic) bond motifs is 1. The number of aromatic nitrogens is 2. The van der Waals surface area contributed by atoms with E-state index in [9.17, 15) is 9.59 Å². The fourth-order valence-electron chi connectivity index (χ4n) is 5.11. The summed E-state index contributed by atoms with van der Waals surface area (Å²) in [5, 5.41) is 3.25. The molecule has 2 aliphatic rings. The van der Waals surface area contributed by atoms with Gasteiger partial charge in [-0.1, -0.05) is 57.4 Å². The van der Waals surface area contributed by atoms with Gasteiger partial charge in [-0.05, 0) is 42.0 Å². The summed E-state index contributed by atoms with van der Waals surface area (Å²) in [7, 11) is 0. The Balaban J connectivity index is 1.61. The maximum absolute atomic E-state index is 14.1. The van der Waals surface area contributed by atoms with Crippen molar-refractivity contribution in [1.29, 1.82) is 0 Å². The third kappa shape index (κ3) is 5.64. The molecule has 0 bridgehead atoms. The highest BCUT2D eigenvalue weighted by Crippen LogP contribution is 2.38. The van der Waals surface area contributed by atoms with E-state index in [1.165, 1.54) is 29.9 Å². The molecule has 2 aromatic carbocycles. The number of ether oxygens (including phenoxy) is 2. The number of nitrogens with zero attached hydrogens (tertiary/aromatic N) is 3. The van der Waals surface area contributed by atoms with Crippen LogP contribution in [0.25, 0.3) is 0 Å². The molecule has 3 aromatic rings. The highest BCUT2D eigenvalue weighted by Gasteiger charge is 2.36. The van der Waals surface area contributed by atoms with Crippen LogP contribution in [0.3, 0.4) is 0 Å². The molecule has 2 amide bonds. The molecule has 8 nitrogen and oxygen atoms in total. The van der Waals surface area contributed by atoms with Gasteiger partial charge in [-0.2, -0.15) is 0 Å². The number of anilines is 1. The maximum atomic E-state index is 14.1. The molecule has 1 atom stereocenters. The number of carbonyl (C=O) groups excluding carboxylic acids is 2. The summed E-state index contributed by atoms with van der Waals surface area (Å²) in [4.78, 5) is 38.0. The van der Waals surface area contributed by atoms with Gasteiger partial charge in [0.25, 0.3) is 5.91 Å². The first kappa shape index (κ1) is 25.7. The van der Waals surface area contributed by atoms with Crippen molar-refractivity contribution in [2.75, 3.05) is 18.1 Å². The lowest BCUT2D eigenvalue weighted by Crippen LogP contribution is -2.47. The molecule has 0 saturated heterocycles. The van der Waals surface area contributed by atoms with E-state index >= 15 is 0 Å². The van der Waals surface area contributed by atoms with Crippen molar-refractivity contribution < 1.29 is 19.1 Å². The molecular weight excluding hydrogens is 480 g/mol. The summed E-state index contributed by atoms with van der Waals surface area (Å²) in [6.07, 6.45) is 9.64. The second-order valence-electron chi connectivity index (χ2n) is 10.2. The second kappa shape index (κ2) is 11.6. The molecule has 1 fully saturated rings. The van der Waals surface area contributed by atoms with Crippen LogP contribution in [0.1, 0.15) is 79.5 Å². The van der Waals surface area contributed by atoms with Gasteiger partial charge in [0.05, 0.1) is 6.20 Å². The Labute approximate surface area is 223 Å². The van der Waals surface area contributed by atoms with E-state index in [1.54, 1.807) is 18.2 Å². The van der Waals surface area contributed by atoms with Crippen LogP contribution >= 0.6 is 0 Å². The predicted molar refractivity (Wildman–Crippen MR) is 145 cm³/mol. The molecule has 5 rings (SSSR count). The molecule has 1 N–H and O–H groups in total. The van der Waals surface area contributed by atoms with Gasteiger partial charge in [-0.25, -0.2) is 4.98 Å². The summed E-state index contributed by atoms with van der Waals surface area (Å²) in [5.74, 6) is 0.838. The van der Waals surface area contributed by atoms with Crippen LogP contribution in [-0.2, 0) is 4.79 Å². The van der Waals surface area contributed by atoms with E-state index in [2.05, 4.69) is 29.1 Å². The third-order valence-electron chi connectivity index (χ3n) is 7.18. The number of carbonyl (C=O) groups is 2. The van der Waals surface area contributed by atoms with Crippen LogP contribution in [-0.4, -0.2) is 41.0 Å². The minimum atomic E-state index is -0.921. The van der Waals surface area contributed by atoms with Crippen LogP contribution in [0.2, 0.25) is 0 Å². The molecule has 1 aliphatic heterocycles. The number of nitrogens with one attached hydrogen (secondary N) is 1. The number of hydrogen-bond donors (Lipinski definition) is 1. The van der Waals surface area contributed by atoms with Crippen molar-refractivity contribution in [3.63, 3.8) is 0 Å². The average molecular weight is 515 g/mol. The first-order chi connectivity index (χ1) is 18.5. The van der Waals surface area contributed by atoms with Gasteiger partial charge in [-0.15, -0.1) is 0 Å². The zero-order valence-electron chi connectivity index (χ0n) is 21.9. The Morgan fingerprint density at radius 2 is 1.63 bits per heavy atom. The molecule has 1 aromatic heterocycles. The van der Waals surface area contributed by atoms with Crippen molar-refractivity contribution >= 4 is 17.5 Å². The Hall–Kier alpha value is -3.94. The molecule has 2 heterocycles. The van der Waals surface area contributed by atoms with E-state index in [0.29, 0.717) is 36.3 Å². The van der Waals surface area contributed by atoms with Gasteiger partial charge >= 0.3 is 0 Å². The van der Waals surface area contributed by atoms with Crippen LogP contribution < -0.4 is 19.7 Å². The number of amides is 2. The lowest BCUT2D eigenvalue weighted by molar-refractivity contribution is -0.123. The van der Waals surface area contributed by atoms with E-state index < -0.39 is 11.9 Å². The average Bonchev–Trinajstić information content (AvgIpc) is 2.96. The van der Waals surface area contributed by atoms with E-state index in [-0.39, 0.29) is 17.6 Å². The Morgan fingerprint density at radius 3 is 2.32 bits per heavy atom. The first-order valence-electron chi connectivity index (χ1n) is 13.4. The van der Waals surface area contributed by atoms with E-state index in [4.69, 9.17) is 9.47 Å². The molecule has 0 radical (unpaired) electrons. The van der Waals surface area contributed by atoms with Gasteiger partial charge in [0.15, 0.2) is 11.5 Å². The Kier molecular flexibility index (Phi) is 7.86. The second-order valence-corrected chi connectivity index (χ2v) is 10.2. The van der Waals surface area contributed by atoms with Crippen LogP contribution in [0.5, 0.6) is 11.5 Å². The normalized spacial score (nSPS) is 16.1. The largest absolute Gasteiger partial charge is 0.486 e. The summed E-state index contributed by atoms with van der Waals surface area (Å²) < 4.78 is 11.5. The van der Waals surface area contributed by atoms with Gasteiger partial charge in [0.2, 0.25) is 5.91 Å². The van der Waals surface area contributed by atoms with Gasteiger partial charge in [0, 0.05) is 30.2 Å². The van der Waals surface area contributed by atoms with E-state index in [1.807, 2.05) is 24.3 Å². The smallest absolute Gasteiger partial charge is 0.279 e. The minimum absolute atomic E-state index is 0.0856. The lowest BCUT2D eigenvalue weighted by atomic mass is 9.94. The van der Waals surface area contributed by atoms with Gasteiger partial charge in [0.1, 0.15) is 24.9 Å². The third-order valence-corrected chi connectivity index (χ3v) is 7.18. The molecule has 1 saturated carbocycles. The van der Waals surface area contributed by atoms with Crippen molar-refractivity contribution in [2.45, 2.75) is 64.0 Å². The minimum Gasteiger partial charge on any atom is -0.486 e. The van der Waals surface area contributed by atoms with Crippen LogP contribution in [0, 0.1) is 0 Å². The van der Waals surface area contributed by atoms with Crippen molar-refractivity contribution in [1.82, 2.24) is 15.3 Å². The van der Waals surface area contributed by atoms with Crippen molar-refractivity contribution in [2.24, 2.45) is 0 Å². The number of rotatable bonds is 7. The van der Waals surface area contributed by atoms with E-state index in [0.717, 1.165) is 36.8 Å². The number of benzene rings is 2. The quantitative estimate of drug-likeness (QED) is 0.465. The molecule has 1 unspecified atom stereocenters. The van der Waals surface area contributed by atoms with Gasteiger partial charge < -0.3 is 14.8 Å². The zero-order chi connectivity index (χ0) is 26.5. The fraction of sp³-hybridized carbons (Fsp3) is 0.400. The topological polar surface area (TPSA) is 93.7 Å². The monoisotopic (exact) mass is 514 g/mol. The molecule has 8 heteroatoms. The van der Waals surface area contributed by atoms with Crippen molar-refractivity contribution in [3.8, 4) is 11.5 Å². The highest BCUT2D eigenvalue weighted by molar-refractivity contribution is 6.09. The maximum Gasteiger partial charge on any atom is 0.279 e. The SMILES string of the molecule is CC(C)c1ccc(C(C(=O)NC2CCCCC2)N(C(=O)c2cnccn2)c2ccc3c(c2)OCCO3)cc1.